The van der Waals surface area contributed by atoms with Gasteiger partial charge in [-0.05, 0) is 73.2 Å². The summed E-state index contributed by atoms with van der Waals surface area (Å²) in [5.41, 5.74) is 11.1. The SMILES string of the molecule is CC1(C)CCC2(CC1)N([C@H](c1ccccc1)[C@@H](O)c1ccccc1)C(C(=O)O)CC21C(=O)N(C(CCN)C(F)[C@@](N)(Cl)C(=O)O)c2ccccc21. The number of anilines is 1. The van der Waals surface area contributed by atoms with Crippen LogP contribution in [0.4, 0.5) is 10.1 Å². The predicted octanol–water partition coefficient (Wildman–Crippen LogP) is 5.28. The number of nitrogens with two attached hydrogens (primary N) is 2. The summed E-state index contributed by atoms with van der Waals surface area (Å²) in [5.74, 6) is -3.51. The van der Waals surface area contributed by atoms with Gasteiger partial charge in [0.15, 0.2) is 6.17 Å². The first kappa shape index (κ1) is 36.9. The number of aliphatic hydroxyl groups excluding tert-OH is 1. The zero-order valence-corrected chi connectivity index (χ0v) is 29.5. The highest BCUT2D eigenvalue weighted by molar-refractivity contribution is 6.33. The van der Waals surface area contributed by atoms with E-state index in [2.05, 4.69) is 13.8 Å². The van der Waals surface area contributed by atoms with Gasteiger partial charge >= 0.3 is 11.9 Å². The number of carbonyl (C=O) groups excluding carboxylic acids is 1. The van der Waals surface area contributed by atoms with Crippen molar-refractivity contribution in [3.63, 3.8) is 0 Å². The number of hydrogen-bond donors (Lipinski definition) is 5. The minimum absolute atomic E-state index is 0.112. The molecule has 3 aromatic rings. The van der Waals surface area contributed by atoms with Crippen molar-refractivity contribution >= 4 is 35.1 Å². The molecular weight excluding hydrogens is 675 g/mol. The second-order valence-electron chi connectivity index (χ2n) is 15.1. The van der Waals surface area contributed by atoms with Crippen molar-refractivity contribution < 1.29 is 34.1 Å². The maximum absolute atomic E-state index is 16.5. The Labute approximate surface area is 302 Å². The number of aliphatic hydroxyl groups is 1. The van der Waals surface area contributed by atoms with Gasteiger partial charge in [0, 0.05) is 11.2 Å². The van der Waals surface area contributed by atoms with Gasteiger partial charge in [-0.25, -0.2) is 9.18 Å². The number of rotatable bonds is 11. The van der Waals surface area contributed by atoms with Gasteiger partial charge in [0.05, 0.1) is 23.6 Å². The van der Waals surface area contributed by atoms with Crippen LogP contribution in [-0.2, 0) is 19.8 Å². The molecule has 0 aromatic heterocycles. The number of carboxylic acids is 2. The van der Waals surface area contributed by atoms with E-state index in [4.69, 9.17) is 23.1 Å². The molecule has 6 rings (SSSR count). The van der Waals surface area contributed by atoms with E-state index < -0.39 is 64.2 Å². The molecule has 51 heavy (non-hydrogen) atoms. The molecule has 1 saturated heterocycles. The number of nitrogens with zero attached hydrogens (tertiary/aromatic N) is 2. The molecule has 3 aliphatic rings. The highest BCUT2D eigenvalue weighted by atomic mass is 35.5. The summed E-state index contributed by atoms with van der Waals surface area (Å²) in [7, 11) is 0. The van der Waals surface area contributed by atoms with E-state index in [-0.39, 0.29) is 24.8 Å². The Hall–Kier alpha value is -3.87. The molecule has 1 saturated carbocycles. The fraction of sp³-hybridized carbons (Fsp3) is 0.462. The summed E-state index contributed by atoms with van der Waals surface area (Å²) in [4.78, 5) is 41.6. The van der Waals surface area contributed by atoms with E-state index in [1.54, 1.807) is 36.4 Å². The fourth-order valence-electron chi connectivity index (χ4n) is 9.19. The number of benzene rings is 3. The average molecular weight is 721 g/mol. The number of carboxylic acid groups (broad SMARTS) is 2. The van der Waals surface area contributed by atoms with Crippen LogP contribution >= 0.6 is 11.6 Å². The Morgan fingerprint density at radius 3 is 2.04 bits per heavy atom. The molecule has 272 valence electrons. The minimum Gasteiger partial charge on any atom is -0.480 e. The normalized spacial score (nSPS) is 26.0. The third kappa shape index (κ3) is 5.83. The Morgan fingerprint density at radius 2 is 1.49 bits per heavy atom. The lowest BCUT2D eigenvalue weighted by atomic mass is 9.56. The van der Waals surface area contributed by atoms with Crippen LogP contribution in [0.25, 0.3) is 0 Å². The second-order valence-corrected chi connectivity index (χ2v) is 15.7. The van der Waals surface area contributed by atoms with E-state index in [9.17, 15) is 24.9 Å². The Bertz CT molecular complexity index is 1770. The van der Waals surface area contributed by atoms with E-state index in [1.165, 1.54) is 4.90 Å². The first-order valence-corrected chi connectivity index (χ1v) is 17.8. The second kappa shape index (κ2) is 13.6. The molecule has 0 bridgehead atoms. The number of alkyl halides is 2. The number of aliphatic carboxylic acids is 2. The third-order valence-electron chi connectivity index (χ3n) is 11.8. The van der Waals surface area contributed by atoms with Crippen LogP contribution in [0, 0.1) is 5.41 Å². The van der Waals surface area contributed by atoms with Gasteiger partial charge in [-0.3, -0.25) is 14.5 Å². The third-order valence-corrected chi connectivity index (χ3v) is 12.2. The number of hydrogen-bond acceptors (Lipinski definition) is 7. The zero-order chi connectivity index (χ0) is 36.9. The number of halogens is 2. The number of likely N-dealkylation sites (tertiary alicyclic amines) is 1. The summed E-state index contributed by atoms with van der Waals surface area (Å²) in [6, 6.07) is 21.6. The standard InChI is InChI=1S/C39H46ClFN4O6/c1-36(2)18-20-37(21-19-36)38(26-15-9-10-16-27(26)44(34(38)49)28(17-22-42)32(41)39(40,43)35(50)51)23-29(33(47)48)45(37)30(24-11-5-3-6-12-24)31(46)25-13-7-4-8-14-25/h3-16,28-32,46H,17-23,42-43H2,1-2H3,(H,47,48)(H,50,51)/t28?,29?,30-,31+,32?,38?,39+/m1/s1. The number of carbonyl (C=O) groups is 3. The molecule has 7 N–H and O–H groups in total. The average Bonchev–Trinajstić information content (AvgIpc) is 3.54. The van der Waals surface area contributed by atoms with Gasteiger partial charge in [-0.15, -0.1) is 0 Å². The van der Waals surface area contributed by atoms with Crippen molar-refractivity contribution in [1.82, 2.24) is 4.90 Å². The first-order chi connectivity index (χ1) is 24.1. The Kier molecular flexibility index (Phi) is 9.84. The highest BCUT2D eigenvalue weighted by Crippen LogP contribution is 2.66. The number of para-hydroxylation sites is 1. The van der Waals surface area contributed by atoms with Gasteiger partial charge in [0.2, 0.25) is 10.9 Å². The fourth-order valence-corrected chi connectivity index (χ4v) is 9.34. The van der Waals surface area contributed by atoms with Crippen molar-refractivity contribution in [1.29, 1.82) is 0 Å². The molecule has 1 amide bonds. The molecule has 7 atom stereocenters. The summed E-state index contributed by atoms with van der Waals surface area (Å²) in [5, 5.41) is 33.3. The lowest BCUT2D eigenvalue weighted by Gasteiger charge is -2.56. The molecule has 10 nitrogen and oxygen atoms in total. The van der Waals surface area contributed by atoms with Crippen LogP contribution in [0.3, 0.4) is 0 Å². The van der Waals surface area contributed by atoms with Gasteiger partial charge in [0.25, 0.3) is 0 Å². The van der Waals surface area contributed by atoms with E-state index in [0.29, 0.717) is 48.1 Å². The summed E-state index contributed by atoms with van der Waals surface area (Å²) in [6.45, 7) is 4.17. The Balaban J connectivity index is 1.63. The number of fused-ring (bicyclic) bond motifs is 3. The van der Waals surface area contributed by atoms with Crippen molar-refractivity contribution in [3.05, 3.63) is 102 Å². The van der Waals surface area contributed by atoms with Crippen LogP contribution in [-0.4, -0.2) is 73.4 Å². The first-order valence-electron chi connectivity index (χ1n) is 17.4. The molecule has 0 radical (unpaired) electrons. The molecular formula is C39H46ClFN4O6. The smallest absolute Gasteiger partial charge is 0.342 e. The van der Waals surface area contributed by atoms with Crippen LogP contribution in [0.2, 0.25) is 0 Å². The maximum atomic E-state index is 16.5. The van der Waals surface area contributed by atoms with E-state index >= 15 is 9.18 Å². The summed E-state index contributed by atoms with van der Waals surface area (Å²) in [6.07, 6.45) is -1.89. The molecule has 2 heterocycles. The van der Waals surface area contributed by atoms with Crippen LogP contribution in [0.5, 0.6) is 0 Å². The largest absolute Gasteiger partial charge is 0.480 e. The molecule has 12 heteroatoms. The van der Waals surface area contributed by atoms with Crippen LogP contribution in [0.15, 0.2) is 84.9 Å². The Morgan fingerprint density at radius 1 is 0.941 bits per heavy atom. The summed E-state index contributed by atoms with van der Waals surface area (Å²) >= 11 is 6.13. The van der Waals surface area contributed by atoms with Gasteiger partial charge in [-0.2, -0.15) is 0 Å². The summed E-state index contributed by atoms with van der Waals surface area (Å²) < 4.78 is 16.5. The van der Waals surface area contributed by atoms with E-state index in [0.717, 1.165) is 0 Å². The van der Waals surface area contributed by atoms with Crippen molar-refractivity contribution in [2.45, 2.75) is 98.7 Å². The topological polar surface area (TPSA) is 170 Å². The van der Waals surface area contributed by atoms with Crippen LogP contribution < -0.4 is 16.4 Å². The molecule has 2 aliphatic heterocycles. The lowest BCUT2D eigenvalue weighted by Crippen LogP contribution is -2.66. The monoisotopic (exact) mass is 720 g/mol. The zero-order valence-electron chi connectivity index (χ0n) is 28.8. The number of amides is 1. The van der Waals surface area contributed by atoms with Crippen molar-refractivity contribution in [2.24, 2.45) is 16.9 Å². The molecule has 2 fully saturated rings. The van der Waals surface area contributed by atoms with Crippen LogP contribution in [0.1, 0.15) is 81.2 Å². The maximum Gasteiger partial charge on any atom is 0.342 e. The highest BCUT2D eigenvalue weighted by Gasteiger charge is 2.74. The van der Waals surface area contributed by atoms with Gasteiger partial charge < -0.3 is 31.7 Å². The molecule has 2 spiro atoms. The predicted molar refractivity (Wildman–Crippen MR) is 192 cm³/mol. The van der Waals surface area contributed by atoms with E-state index in [1.807, 2.05) is 53.4 Å². The van der Waals surface area contributed by atoms with Gasteiger partial charge in [-0.1, -0.05) is 104 Å². The van der Waals surface area contributed by atoms with Crippen molar-refractivity contribution in [3.8, 4) is 0 Å². The minimum atomic E-state index is -2.87. The molecule has 1 aliphatic carbocycles. The molecule has 3 aromatic carbocycles. The van der Waals surface area contributed by atoms with Gasteiger partial charge in [0.1, 0.15) is 6.04 Å². The lowest BCUT2D eigenvalue weighted by molar-refractivity contribution is -0.150. The molecule has 4 unspecified atom stereocenters. The van der Waals surface area contributed by atoms with Crippen molar-refractivity contribution in [2.75, 3.05) is 11.4 Å². The quantitative estimate of drug-likeness (QED) is 0.131.